The van der Waals surface area contributed by atoms with E-state index in [0.717, 1.165) is 19.3 Å². The molecular formula is C13H26N2O3. The number of nitrogens with one attached hydrogen (secondary N) is 1. The van der Waals surface area contributed by atoms with Crippen LogP contribution in [0.5, 0.6) is 0 Å². The van der Waals surface area contributed by atoms with Gasteiger partial charge in [0.25, 0.3) is 0 Å². The molecular weight excluding hydrogens is 232 g/mol. The first-order valence-corrected chi connectivity index (χ1v) is 6.61. The standard InChI is InChI=1S/C13H26N2O3/c1-9-4-10(6-11(14)5-9)13(16)15-7-12(18-3)8-17-2/h9-12H,4-8,14H2,1-3H3,(H,15,16). The molecule has 0 radical (unpaired) electrons. The van der Waals surface area contributed by atoms with Gasteiger partial charge in [-0.1, -0.05) is 6.92 Å². The monoisotopic (exact) mass is 258 g/mol. The van der Waals surface area contributed by atoms with Crippen molar-refractivity contribution >= 4 is 5.91 Å². The average molecular weight is 258 g/mol. The van der Waals surface area contributed by atoms with Crippen molar-refractivity contribution in [1.29, 1.82) is 0 Å². The third-order valence-corrected chi connectivity index (χ3v) is 3.54. The summed E-state index contributed by atoms with van der Waals surface area (Å²) < 4.78 is 10.2. The summed E-state index contributed by atoms with van der Waals surface area (Å²) in [6.07, 6.45) is 2.65. The molecule has 1 amide bonds. The number of methoxy groups -OCH3 is 2. The molecule has 0 heterocycles. The first kappa shape index (κ1) is 15.4. The third-order valence-electron chi connectivity index (χ3n) is 3.54. The van der Waals surface area contributed by atoms with Crippen molar-refractivity contribution in [1.82, 2.24) is 5.32 Å². The van der Waals surface area contributed by atoms with Gasteiger partial charge in [-0.05, 0) is 25.2 Å². The third kappa shape index (κ3) is 4.92. The summed E-state index contributed by atoms with van der Waals surface area (Å²) in [5.41, 5.74) is 5.96. The Kier molecular flexibility index (Phi) is 6.60. The summed E-state index contributed by atoms with van der Waals surface area (Å²) in [7, 11) is 3.24. The number of hydrogen-bond donors (Lipinski definition) is 2. The summed E-state index contributed by atoms with van der Waals surface area (Å²) >= 11 is 0. The molecule has 1 rings (SSSR count). The molecule has 4 unspecified atom stereocenters. The van der Waals surface area contributed by atoms with Crippen LogP contribution in [0.4, 0.5) is 0 Å². The maximum Gasteiger partial charge on any atom is 0.223 e. The lowest BCUT2D eigenvalue weighted by atomic mass is 9.79. The van der Waals surface area contributed by atoms with Gasteiger partial charge in [0, 0.05) is 32.7 Å². The Balaban J connectivity index is 2.35. The predicted octanol–water partition coefficient (Wildman–Crippen LogP) is 0.528. The maximum atomic E-state index is 12.1. The molecule has 1 fully saturated rings. The Bertz CT molecular complexity index is 251. The molecule has 5 nitrogen and oxygen atoms in total. The van der Waals surface area contributed by atoms with Crippen molar-refractivity contribution in [3.05, 3.63) is 0 Å². The molecule has 0 spiro atoms. The predicted molar refractivity (Wildman–Crippen MR) is 70.2 cm³/mol. The number of nitrogens with two attached hydrogens (primary N) is 1. The Morgan fingerprint density at radius 3 is 2.67 bits per heavy atom. The molecule has 1 aliphatic rings. The van der Waals surface area contributed by atoms with Crippen LogP contribution in [0.2, 0.25) is 0 Å². The van der Waals surface area contributed by atoms with Gasteiger partial charge in [-0.2, -0.15) is 0 Å². The van der Waals surface area contributed by atoms with E-state index in [4.69, 9.17) is 15.2 Å². The largest absolute Gasteiger partial charge is 0.382 e. The lowest BCUT2D eigenvalue weighted by molar-refractivity contribution is -0.127. The topological polar surface area (TPSA) is 73.6 Å². The number of carbonyl (C=O) groups is 1. The van der Waals surface area contributed by atoms with Gasteiger partial charge >= 0.3 is 0 Å². The van der Waals surface area contributed by atoms with Crippen LogP contribution in [0.1, 0.15) is 26.2 Å². The number of ether oxygens (including phenoxy) is 2. The second-order valence-corrected chi connectivity index (χ2v) is 5.33. The van der Waals surface area contributed by atoms with Gasteiger partial charge < -0.3 is 20.5 Å². The van der Waals surface area contributed by atoms with E-state index >= 15 is 0 Å². The number of hydrogen-bond acceptors (Lipinski definition) is 4. The minimum absolute atomic E-state index is 0.0452. The molecule has 4 atom stereocenters. The fraction of sp³-hybridized carbons (Fsp3) is 0.923. The van der Waals surface area contributed by atoms with E-state index in [0.29, 0.717) is 19.1 Å². The van der Waals surface area contributed by atoms with Crippen LogP contribution < -0.4 is 11.1 Å². The van der Waals surface area contributed by atoms with Gasteiger partial charge in [-0.15, -0.1) is 0 Å². The lowest BCUT2D eigenvalue weighted by Crippen LogP contribution is -2.43. The zero-order chi connectivity index (χ0) is 13.5. The van der Waals surface area contributed by atoms with Gasteiger partial charge in [-0.25, -0.2) is 0 Å². The van der Waals surface area contributed by atoms with Gasteiger partial charge in [0.1, 0.15) is 0 Å². The zero-order valence-corrected chi connectivity index (χ0v) is 11.6. The van der Waals surface area contributed by atoms with E-state index in [-0.39, 0.29) is 24.0 Å². The number of amides is 1. The van der Waals surface area contributed by atoms with Crippen molar-refractivity contribution in [2.24, 2.45) is 17.6 Å². The van der Waals surface area contributed by atoms with E-state index in [1.54, 1.807) is 14.2 Å². The van der Waals surface area contributed by atoms with E-state index in [1.807, 2.05) is 0 Å². The van der Waals surface area contributed by atoms with Crippen molar-refractivity contribution in [2.75, 3.05) is 27.4 Å². The molecule has 0 aliphatic heterocycles. The van der Waals surface area contributed by atoms with Crippen LogP contribution in [0.15, 0.2) is 0 Å². The van der Waals surface area contributed by atoms with Crippen molar-refractivity contribution in [2.45, 2.75) is 38.3 Å². The highest BCUT2D eigenvalue weighted by Crippen LogP contribution is 2.28. The smallest absolute Gasteiger partial charge is 0.223 e. The van der Waals surface area contributed by atoms with Crippen LogP contribution in [0.25, 0.3) is 0 Å². The molecule has 18 heavy (non-hydrogen) atoms. The fourth-order valence-electron chi connectivity index (χ4n) is 2.63. The molecule has 1 aliphatic carbocycles. The van der Waals surface area contributed by atoms with Crippen molar-refractivity contribution in [3.63, 3.8) is 0 Å². The van der Waals surface area contributed by atoms with Crippen LogP contribution in [0, 0.1) is 11.8 Å². The molecule has 0 bridgehead atoms. The molecule has 0 aromatic heterocycles. The maximum absolute atomic E-state index is 12.1. The van der Waals surface area contributed by atoms with E-state index < -0.39 is 0 Å². The second-order valence-electron chi connectivity index (χ2n) is 5.33. The minimum Gasteiger partial charge on any atom is -0.382 e. The first-order chi connectivity index (χ1) is 8.56. The van der Waals surface area contributed by atoms with E-state index in [9.17, 15) is 4.79 Å². The highest BCUT2D eigenvalue weighted by atomic mass is 16.5. The summed E-state index contributed by atoms with van der Waals surface area (Å²) in [5, 5.41) is 2.93. The van der Waals surface area contributed by atoms with Crippen molar-refractivity contribution < 1.29 is 14.3 Å². The summed E-state index contributed by atoms with van der Waals surface area (Å²) in [5.74, 6) is 0.667. The fourth-order valence-corrected chi connectivity index (χ4v) is 2.63. The Hall–Kier alpha value is -0.650. The summed E-state index contributed by atoms with van der Waals surface area (Å²) in [4.78, 5) is 12.1. The SMILES string of the molecule is COCC(CNC(=O)C1CC(C)CC(N)C1)OC. The van der Waals surface area contributed by atoms with Crippen LogP contribution in [-0.2, 0) is 14.3 Å². The zero-order valence-electron chi connectivity index (χ0n) is 11.6. The molecule has 3 N–H and O–H groups in total. The summed E-state index contributed by atoms with van der Waals surface area (Å²) in [6.45, 7) is 3.13. The van der Waals surface area contributed by atoms with Crippen LogP contribution in [0.3, 0.4) is 0 Å². The second kappa shape index (κ2) is 7.71. The van der Waals surface area contributed by atoms with Gasteiger partial charge in [-0.3, -0.25) is 4.79 Å². The summed E-state index contributed by atoms with van der Waals surface area (Å²) in [6, 6.07) is 0.154. The van der Waals surface area contributed by atoms with Crippen LogP contribution >= 0.6 is 0 Å². The molecule has 5 heteroatoms. The van der Waals surface area contributed by atoms with Gasteiger partial charge in [0.05, 0.1) is 12.7 Å². The Morgan fingerprint density at radius 2 is 2.11 bits per heavy atom. The van der Waals surface area contributed by atoms with E-state index in [2.05, 4.69) is 12.2 Å². The van der Waals surface area contributed by atoms with Crippen LogP contribution in [-0.4, -0.2) is 45.4 Å². The number of rotatable bonds is 6. The molecule has 0 aromatic carbocycles. The quantitative estimate of drug-likeness (QED) is 0.729. The first-order valence-electron chi connectivity index (χ1n) is 6.61. The lowest BCUT2D eigenvalue weighted by Gasteiger charge is -2.30. The minimum atomic E-state index is -0.0892. The Labute approximate surface area is 109 Å². The highest BCUT2D eigenvalue weighted by molar-refractivity contribution is 5.78. The van der Waals surface area contributed by atoms with E-state index in [1.165, 1.54) is 0 Å². The molecule has 0 saturated heterocycles. The molecule has 0 aromatic rings. The van der Waals surface area contributed by atoms with Crippen molar-refractivity contribution in [3.8, 4) is 0 Å². The molecule has 1 saturated carbocycles. The number of carbonyl (C=O) groups excluding carboxylic acids is 1. The molecule has 106 valence electrons. The van der Waals surface area contributed by atoms with Gasteiger partial charge in [0.2, 0.25) is 5.91 Å². The Morgan fingerprint density at radius 1 is 1.39 bits per heavy atom. The average Bonchev–Trinajstić information content (AvgIpc) is 2.32. The van der Waals surface area contributed by atoms with Gasteiger partial charge in [0.15, 0.2) is 0 Å². The normalized spacial score (nSPS) is 29.9. The highest BCUT2D eigenvalue weighted by Gasteiger charge is 2.29.